The summed E-state index contributed by atoms with van der Waals surface area (Å²) in [6, 6.07) is 4.44. The molecule has 0 saturated heterocycles. The van der Waals surface area contributed by atoms with E-state index in [0.717, 1.165) is 12.1 Å². The van der Waals surface area contributed by atoms with E-state index < -0.39 is 30.4 Å². The van der Waals surface area contributed by atoms with E-state index in [9.17, 15) is 23.1 Å². The number of carboxylic acid groups (broad SMARTS) is 1. The molecule has 0 bridgehead atoms. The van der Waals surface area contributed by atoms with Gasteiger partial charge in [-0.3, -0.25) is 4.79 Å². The Bertz CT molecular complexity index is 585. The van der Waals surface area contributed by atoms with E-state index in [-0.39, 0.29) is 37.9 Å². The maximum absolute atomic E-state index is 12.6. The number of nitrogens with two attached hydrogens (primary N) is 1. The van der Waals surface area contributed by atoms with Crippen molar-refractivity contribution in [3.8, 4) is 5.75 Å². The summed E-state index contributed by atoms with van der Waals surface area (Å²) in [5, 5.41) is 26.8. The normalized spacial score (nSPS) is 13.9. The minimum Gasteiger partial charge on any atom is -0.494 e. The summed E-state index contributed by atoms with van der Waals surface area (Å²) >= 11 is 0. The van der Waals surface area contributed by atoms with Crippen molar-refractivity contribution < 1.29 is 37.9 Å². The van der Waals surface area contributed by atoms with Crippen LogP contribution in [0.3, 0.4) is 0 Å². The van der Waals surface area contributed by atoms with Crippen LogP contribution in [-0.2, 0) is 11.0 Å². The molecule has 26 heavy (non-hydrogen) atoms. The van der Waals surface area contributed by atoms with Crippen molar-refractivity contribution in [2.45, 2.75) is 50.1 Å². The first-order valence-electron chi connectivity index (χ1n) is 8.23. The lowest BCUT2D eigenvalue weighted by atomic mass is 9.81. The molecule has 1 rings (SSSR count). The first kappa shape index (κ1) is 22.3. The molecule has 0 aliphatic carbocycles. The number of ether oxygens (including phenoxy) is 1. The SMILES string of the molecule is NC(CCCCB(O)O)(CCCOc1cccc(C(F)(F)F)c1)C(=O)O. The molecule has 0 aromatic heterocycles. The second kappa shape index (κ2) is 9.79. The Kier molecular flexibility index (Phi) is 8.39. The number of unbranched alkanes of at least 4 members (excludes halogenated alkanes) is 1. The van der Waals surface area contributed by atoms with Gasteiger partial charge in [0.05, 0.1) is 12.2 Å². The molecule has 1 aromatic rings. The highest BCUT2D eigenvalue weighted by Crippen LogP contribution is 2.31. The second-order valence-corrected chi connectivity index (χ2v) is 6.17. The first-order valence-corrected chi connectivity index (χ1v) is 8.23. The van der Waals surface area contributed by atoms with E-state index in [0.29, 0.717) is 12.8 Å². The van der Waals surface area contributed by atoms with E-state index in [4.69, 9.17) is 20.5 Å². The van der Waals surface area contributed by atoms with Crippen molar-refractivity contribution >= 4 is 13.1 Å². The number of hydrogen-bond acceptors (Lipinski definition) is 5. The summed E-state index contributed by atoms with van der Waals surface area (Å²) < 4.78 is 43.1. The van der Waals surface area contributed by atoms with Crippen LogP contribution < -0.4 is 10.5 Å². The average Bonchev–Trinajstić information content (AvgIpc) is 2.55. The Morgan fingerprint density at radius 3 is 2.38 bits per heavy atom. The molecule has 0 saturated carbocycles. The van der Waals surface area contributed by atoms with Crippen molar-refractivity contribution in [2.75, 3.05) is 6.61 Å². The number of halogens is 3. The minimum atomic E-state index is -4.46. The molecule has 10 heteroatoms. The van der Waals surface area contributed by atoms with Crippen LogP contribution in [0.25, 0.3) is 0 Å². The monoisotopic (exact) mass is 377 g/mol. The number of hydrogen-bond donors (Lipinski definition) is 4. The molecule has 146 valence electrons. The Morgan fingerprint density at radius 1 is 1.15 bits per heavy atom. The first-order chi connectivity index (χ1) is 12.0. The summed E-state index contributed by atoms with van der Waals surface area (Å²) in [6.07, 6.45) is -3.01. The molecule has 0 aliphatic rings. The molecule has 1 unspecified atom stereocenters. The molecule has 5 N–H and O–H groups in total. The van der Waals surface area contributed by atoms with E-state index in [1.807, 2.05) is 0 Å². The zero-order valence-electron chi connectivity index (χ0n) is 14.2. The third-order valence-corrected chi connectivity index (χ3v) is 3.96. The summed E-state index contributed by atoms with van der Waals surface area (Å²) in [5.74, 6) is -1.13. The lowest BCUT2D eigenvalue weighted by Crippen LogP contribution is -2.48. The number of alkyl halides is 3. The highest BCUT2D eigenvalue weighted by molar-refractivity contribution is 6.40. The summed E-state index contributed by atoms with van der Waals surface area (Å²) in [7, 11) is -1.44. The van der Waals surface area contributed by atoms with Crippen molar-refractivity contribution in [1.82, 2.24) is 0 Å². The quantitative estimate of drug-likeness (QED) is 0.348. The topological polar surface area (TPSA) is 113 Å². The van der Waals surface area contributed by atoms with Crippen molar-refractivity contribution in [2.24, 2.45) is 5.73 Å². The van der Waals surface area contributed by atoms with Crippen LogP contribution in [0.4, 0.5) is 13.2 Å². The zero-order chi connectivity index (χ0) is 19.8. The fraction of sp³-hybridized carbons (Fsp3) is 0.562. The van der Waals surface area contributed by atoms with Gasteiger partial charge in [-0.15, -0.1) is 0 Å². The number of aliphatic carboxylic acids is 1. The number of rotatable bonds is 11. The van der Waals surface area contributed by atoms with Crippen LogP contribution in [0.5, 0.6) is 5.75 Å². The van der Waals surface area contributed by atoms with Crippen LogP contribution in [0, 0.1) is 0 Å². The smallest absolute Gasteiger partial charge is 0.451 e. The van der Waals surface area contributed by atoms with Gasteiger partial charge in [0, 0.05) is 0 Å². The average molecular weight is 377 g/mol. The number of carbonyl (C=O) groups is 1. The molecule has 0 spiro atoms. The Balaban J connectivity index is 2.47. The molecule has 1 atom stereocenters. The summed E-state index contributed by atoms with van der Waals surface area (Å²) in [5.41, 5.74) is 3.58. The van der Waals surface area contributed by atoms with Crippen LogP contribution in [0.1, 0.15) is 37.7 Å². The van der Waals surface area contributed by atoms with E-state index in [2.05, 4.69) is 0 Å². The van der Waals surface area contributed by atoms with Gasteiger partial charge < -0.3 is 25.6 Å². The van der Waals surface area contributed by atoms with Gasteiger partial charge in [-0.1, -0.05) is 18.9 Å². The lowest BCUT2D eigenvalue weighted by Gasteiger charge is -2.24. The lowest BCUT2D eigenvalue weighted by molar-refractivity contribution is -0.144. The maximum Gasteiger partial charge on any atom is 0.451 e. The van der Waals surface area contributed by atoms with E-state index in [1.165, 1.54) is 12.1 Å². The van der Waals surface area contributed by atoms with Crippen LogP contribution in [-0.4, -0.2) is 40.4 Å². The van der Waals surface area contributed by atoms with Crippen molar-refractivity contribution in [1.29, 1.82) is 0 Å². The van der Waals surface area contributed by atoms with Crippen molar-refractivity contribution in [3.63, 3.8) is 0 Å². The molecule has 0 aliphatic heterocycles. The molecule has 0 amide bonds. The summed E-state index contributed by atoms with van der Waals surface area (Å²) in [6.45, 7) is 0.0306. The highest BCUT2D eigenvalue weighted by atomic mass is 19.4. The highest BCUT2D eigenvalue weighted by Gasteiger charge is 2.33. The zero-order valence-corrected chi connectivity index (χ0v) is 14.2. The molecule has 0 fully saturated rings. The molecular weight excluding hydrogens is 354 g/mol. The van der Waals surface area contributed by atoms with Crippen LogP contribution in [0.15, 0.2) is 24.3 Å². The van der Waals surface area contributed by atoms with Gasteiger partial charge in [0.1, 0.15) is 11.3 Å². The molecule has 0 radical (unpaired) electrons. The van der Waals surface area contributed by atoms with Gasteiger partial charge in [-0.25, -0.2) is 0 Å². The number of benzene rings is 1. The van der Waals surface area contributed by atoms with Crippen LogP contribution in [0.2, 0.25) is 6.32 Å². The Morgan fingerprint density at radius 2 is 1.81 bits per heavy atom. The Labute approximate surface area is 149 Å². The minimum absolute atomic E-state index is 0.0306. The third-order valence-electron chi connectivity index (χ3n) is 3.96. The number of carboxylic acids is 1. The predicted molar refractivity (Wildman–Crippen MR) is 89.6 cm³/mol. The molecule has 1 aromatic carbocycles. The third kappa shape index (κ3) is 7.63. The molecule has 0 heterocycles. The molecular formula is C16H23BF3NO5. The van der Waals surface area contributed by atoms with E-state index in [1.54, 1.807) is 0 Å². The fourth-order valence-corrected chi connectivity index (χ4v) is 2.45. The van der Waals surface area contributed by atoms with Crippen LogP contribution >= 0.6 is 0 Å². The maximum atomic E-state index is 12.6. The Hall–Kier alpha value is -1.78. The van der Waals surface area contributed by atoms with Gasteiger partial charge in [-0.05, 0) is 43.8 Å². The summed E-state index contributed by atoms with van der Waals surface area (Å²) in [4.78, 5) is 11.4. The fourth-order valence-electron chi connectivity index (χ4n) is 2.45. The van der Waals surface area contributed by atoms with Gasteiger partial charge in [-0.2, -0.15) is 13.2 Å². The molecule has 6 nitrogen and oxygen atoms in total. The van der Waals surface area contributed by atoms with E-state index >= 15 is 0 Å². The van der Waals surface area contributed by atoms with Gasteiger partial charge in [0.2, 0.25) is 0 Å². The predicted octanol–water partition coefficient (Wildman–Crippen LogP) is 2.29. The van der Waals surface area contributed by atoms with Crippen molar-refractivity contribution in [3.05, 3.63) is 29.8 Å². The van der Waals surface area contributed by atoms with Gasteiger partial charge in [0.15, 0.2) is 0 Å². The van der Waals surface area contributed by atoms with Gasteiger partial charge >= 0.3 is 19.3 Å². The van der Waals surface area contributed by atoms with Gasteiger partial charge in [0.25, 0.3) is 0 Å². The largest absolute Gasteiger partial charge is 0.494 e. The second-order valence-electron chi connectivity index (χ2n) is 6.17. The standard InChI is InChI=1S/C16H23BF3NO5/c18-16(19,20)12-5-3-6-13(11-12)26-10-4-8-15(21,14(22)23)7-1-2-9-17(24)25/h3,5-6,11,24-25H,1-2,4,7-10,21H2,(H,22,23).